The standard InChI is InChI=1S/C17H26N4O2/c22-17(14-1-2-14)19-10-15-9-18-16-12-20(5-6-21(15)16)11-13-3-7-23-8-4-13/h9,13-14H,1-8,10-12H2,(H,19,22). The Hall–Kier alpha value is -1.40. The third kappa shape index (κ3) is 3.58. The van der Waals surface area contributed by atoms with Crippen molar-refractivity contribution in [3.05, 3.63) is 17.7 Å². The van der Waals surface area contributed by atoms with Gasteiger partial charge >= 0.3 is 0 Å². The quantitative estimate of drug-likeness (QED) is 0.885. The highest BCUT2D eigenvalue weighted by molar-refractivity contribution is 5.80. The van der Waals surface area contributed by atoms with Gasteiger partial charge < -0.3 is 14.6 Å². The van der Waals surface area contributed by atoms with Crippen molar-refractivity contribution in [3.8, 4) is 0 Å². The summed E-state index contributed by atoms with van der Waals surface area (Å²) in [6.07, 6.45) is 6.41. The third-order valence-electron chi connectivity index (χ3n) is 5.27. The van der Waals surface area contributed by atoms with Crippen LogP contribution in [0, 0.1) is 11.8 Å². The van der Waals surface area contributed by atoms with Gasteiger partial charge in [0.2, 0.25) is 5.91 Å². The number of amides is 1. The molecule has 1 aromatic rings. The zero-order chi connectivity index (χ0) is 15.6. The minimum atomic E-state index is 0.206. The number of fused-ring (bicyclic) bond motifs is 1. The fraction of sp³-hybridized carbons (Fsp3) is 0.765. The highest BCUT2D eigenvalue weighted by Crippen LogP contribution is 2.29. The molecule has 0 unspecified atom stereocenters. The van der Waals surface area contributed by atoms with E-state index in [2.05, 4.69) is 19.8 Å². The van der Waals surface area contributed by atoms with E-state index in [4.69, 9.17) is 4.74 Å². The molecule has 1 saturated carbocycles. The summed E-state index contributed by atoms with van der Waals surface area (Å²) in [5.41, 5.74) is 1.14. The molecule has 0 radical (unpaired) electrons. The van der Waals surface area contributed by atoms with Crippen LogP contribution in [0.25, 0.3) is 0 Å². The van der Waals surface area contributed by atoms with Crippen molar-refractivity contribution < 1.29 is 9.53 Å². The van der Waals surface area contributed by atoms with Crippen LogP contribution in [-0.2, 0) is 29.2 Å². The number of carbonyl (C=O) groups is 1. The number of nitrogens with zero attached hydrogens (tertiary/aromatic N) is 3. The van der Waals surface area contributed by atoms with Crippen molar-refractivity contribution in [1.29, 1.82) is 0 Å². The average Bonchev–Trinajstić information content (AvgIpc) is 3.35. The summed E-state index contributed by atoms with van der Waals surface area (Å²) in [4.78, 5) is 18.9. The molecule has 6 nitrogen and oxygen atoms in total. The molecule has 0 aromatic carbocycles. The van der Waals surface area contributed by atoms with Crippen molar-refractivity contribution in [3.63, 3.8) is 0 Å². The lowest BCUT2D eigenvalue weighted by Crippen LogP contribution is -2.39. The fourth-order valence-electron chi connectivity index (χ4n) is 3.63. The Balaban J connectivity index is 1.32. The number of carbonyl (C=O) groups excluding carboxylic acids is 1. The molecule has 3 aliphatic rings. The normalized spacial score (nSPS) is 22.8. The Morgan fingerprint density at radius 1 is 1.26 bits per heavy atom. The maximum absolute atomic E-state index is 11.8. The van der Waals surface area contributed by atoms with Crippen LogP contribution in [-0.4, -0.2) is 46.7 Å². The molecule has 0 bridgehead atoms. The van der Waals surface area contributed by atoms with Crippen LogP contribution in [0.1, 0.15) is 37.2 Å². The summed E-state index contributed by atoms with van der Waals surface area (Å²) in [5.74, 6) is 2.38. The maximum Gasteiger partial charge on any atom is 0.223 e. The van der Waals surface area contributed by atoms with Gasteiger partial charge in [-0.1, -0.05) is 0 Å². The molecule has 2 aliphatic heterocycles. The van der Waals surface area contributed by atoms with Gasteiger partial charge in [-0.25, -0.2) is 4.98 Å². The maximum atomic E-state index is 11.8. The fourth-order valence-corrected chi connectivity index (χ4v) is 3.63. The molecule has 3 heterocycles. The third-order valence-corrected chi connectivity index (χ3v) is 5.27. The number of aromatic nitrogens is 2. The molecule has 4 rings (SSSR count). The van der Waals surface area contributed by atoms with Crippen LogP contribution in [0.15, 0.2) is 6.20 Å². The number of nitrogens with one attached hydrogen (secondary N) is 1. The first-order valence-electron chi connectivity index (χ1n) is 8.90. The van der Waals surface area contributed by atoms with Gasteiger partial charge in [-0.2, -0.15) is 0 Å². The molecule has 1 amide bonds. The minimum absolute atomic E-state index is 0.206. The molecule has 126 valence electrons. The zero-order valence-corrected chi connectivity index (χ0v) is 13.7. The van der Waals surface area contributed by atoms with Gasteiger partial charge in [0, 0.05) is 38.8 Å². The smallest absolute Gasteiger partial charge is 0.223 e. The first-order valence-corrected chi connectivity index (χ1v) is 8.90. The predicted molar refractivity (Wildman–Crippen MR) is 85.6 cm³/mol. The van der Waals surface area contributed by atoms with E-state index in [9.17, 15) is 4.79 Å². The Bertz CT molecular complexity index is 561. The Morgan fingerprint density at radius 3 is 2.87 bits per heavy atom. The van der Waals surface area contributed by atoms with Gasteiger partial charge in [0.05, 0.1) is 25.0 Å². The molecule has 23 heavy (non-hydrogen) atoms. The van der Waals surface area contributed by atoms with E-state index >= 15 is 0 Å². The molecule has 1 saturated heterocycles. The number of hydrogen-bond donors (Lipinski definition) is 1. The summed E-state index contributed by atoms with van der Waals surface area (Å²) in [7, 11) is 0. The molecule has 1 aromatic heterocycles. The van der Waals surface area contributed by atoms with Gasteiger partial charge in [0.15, 0.2) is 0 Å². The molecular weight excluding hydrogens is 292 g/mol. The summed E-state index contributed by atoms with van der Waals surface area (Å²) < 4.78 is 7.73. The van der Waals surface area contributed by atoms with Crippen molar-refractivity contribution in [1.82, 2.24) is 19.8 Å². The van der Waals surface area contributed by atoms with E-state index in [1.54, 1.807) is 0 Å². The Kier molecular flexibility index (Phi) is 4.35. The first kappa shape index (κ1) is 15.1. The second kappa shape index (κ2) is 6.61. The van der Waals surface area contributed by atoms with Crippen molar-refractivity contribution in [2.75, 3.05) is 26.3 Å². The van der Waals surface area contributed by atoms with E-state index < -0.39 is 0 Å². The summed E-state index contributed by atoms with van der Waals surface area (Å²) >= 11 is 0. The topological polar surface area (TPSA) is 59.4 Å². The largest absolute Gasteiger partial charge is 0.381 e. The molecule has 0 atom stereocenters. The molecule has 2 fully saturated rings. The van der Waals surface area contributed by atoms with Crippen LogP contribution in [0.2, 0.25) is 0 Å². The predicted octanol–water partition coefficient (Wildman–Crippen LogP) is 1.15. The van der Waals surface area contributed by atoms with Crippen molar-refractivity contribution in [2.24, 2.45) is 11.8 Å². The van der Waals surface area contributed by atoms with Gasteiger partial charge in [0.1, 0.15) is 5.82 Å². The number of rotatable bonds is 5. The van der Waals surface area contributed by atoms with Crippen molar-refractivity contribution in [2.45, 2.75) is 45.3 Å². The van der Waals surface area contributed by atoms with Crippen LogP contribution in [0.5, 0.6) is 0 Å². The lowest BCUT2D eigenvalue weighted by molar-refractivity contribution is -0.122. The van der Waals surface area contributed by atoms with E-state index in [0.717, 1.165) is 69.7 Å². The van der Waals surface area contributed by atoms with Crippen LogP contribution >= 0.6 is 0 Å². The summed E-state index contributed by atoms with van der Waals surface area (Å²) in [5, 5.41) is 3.05. The molecule has 1 N–H and O–H groups in total. The van der Waals surface area contributed by atoms with E-state index in [1.165, 1.54) is 12.8 Å². The number of hydrogen-bond acceptors (Lipinski definition) is 4. The van der Waals surface area contributed by atoms with E-state index in [1.807, 2.05) is 6.20 Å². The minimum Gasteiger partial charge on any atom is -0.381 e. The highest BCUT2D eigenvalue weighted by Gasteiger charge is 2.29. The lowest BCUT2D eigenvalue weighted by atomic mass is 9.99. The van der Waals surface area contributed by atoms with Crippen molar-refractivity contribution >= 4 is 5.91 Å². The summed E-state index contributed by atoms with van der Waals surface area (Å²) in [6, 6.07) is 0. The molecule has 0 spiro atoms. The Labute approximate surface area is 137 Å². The van der Waals surface area contributed by atoms with Gasteiger partial charge in [0.25, 0.3) is 0 Å². The Morgan fingerprint density at radius 2 is 2.09 bits per heavy atom. The average molecular weight is 318 g/mol. The first-order chi connectivity index (χ1) is 11.3. The summed E-state index contributed by atoms with van der Waals surface area (Å²) in [6.45, 7) is 6.58. The lowest BCUT2D eigenvalue weighted by Gasteiger charge is -2.33. The van der Waals surface area contributed by atoms with Crippen LogP contribution in [0.3, 0.4) is 0 Å². The number of ether oxygens (including phenoxy) is 1. The molecule has 6 heteroatoms. The zero-order valence-electron chi connectivity index (χ0n) is 13.7. The van der Waals surface area contributed by atoms with Gasteiger partial charge in [-0.3, -0.25) is 9.69 Å². The second-order valence-electron chi connectivity index (χ2n) is 7.10. The van der Waals surface area contributed by atoms with Gasteiger partial charge in [-0.05, 0) is 31.6 Å². The van der Waals surface area contributed by atoms with Crippen LogP contribution < -0.4 is 5.32 Å². The van der Waals surface area contributed by atoms with E-state index in [-0.39, 0.29) is 11.8 Å². The highest BCUT2D eigenvalue weighted by atomic mass is 16.5. The SMILES string of the molecule is O=C(NCc1cnc2n1CCN(CC1CCOCC1)C2)C1CC1. The van der Waals surface area contributed by atoms with E-state index in [0.29, 0.717) is 6.54 Å². The van der Waals surface area contributed by atoms with Crippen LogP contribution in [0.4, 0.5) is 0 Å². The van der Waals surface area contributed by atoms with Gasteiger partial charge in [-0.15, -0.1) is 0 Å². The number of imidazole rings is 1. The molecular formula is C17H26N4O2. The molecule has 1 aliphatic carbocycles. The monoisotopic (exact) mass is 318 g/mol. The second-order valence-corrected chi connectivity index (χ2v) is 7.10.